The number of rotatable bonds is 6. The van der Waals surface area contributed by atoms with Gasteiger partial charge >= 0.3 is 0 Å². The fourth-order valence-corrected chi connectivity index (χ4v) is 7.23. The van der Waals surface area contributed by atoms with Gasteiger partial charge in [-0.05, 0) is 68.1 Å². The minimum absolute atomic E-state index is 0.0392. The van der Waals surface area contributed by atoms with Gasteiger partial charge in [-0.1, -0.05) is 58.1 Å². The van der Waals surface area contributed by atoms with Crippen molar-refractivity contribution >= 4 is 5.78 Å². The van der Waals surface area contributed by atoms with Crippen LogP contribution in [0.15, 0.2) is 11.1 Å². The van der Waals surface area contributed by atoms with Crippen LogP contribution in [-0.4, -0.2) is 16.5 Å². The van der Waals surface area contributed by atoms with Gasteiger partial charge in [0.2, 0.25) is 0 Å². The quantitative estimate of drug-likeness (QED) is 0.571. The van der Waals surface area contributed by atoms with Gasteiger partial charge in [0, 0.05) is 12.8 Å². The van der Waals surface area contributed by atoms with Gasteiger partial charge in [-0.3, -0.25) is 4.79 Å². The summed E-state index contributed by atoms with van der Waals surface area (Å²) in [5, 5.41) is 11.8. The van der Waals surface area contributed by atoms with Crippen LogP contribution in [-0.2, 0) is 4.79 Å². The Morgan fingerprint density at radius 1 is 1.08 bits per heavy atom. The molecule has 0 aromatic rings. The Balaban J connectivity index is 1.91. The average molecular weight is 361 g/mol. The highest BCUT2D eigenvalue weighted by Gasteiger charge is 2.56. The molecule has 0 saturated heterocycles. The van der Waals surface area contributed by atoms with Gasteiger partial charge in [0.25, 0.3) is 0 Å². The zero-order chi connectivity index (χ0) is 18.9. The third kappa shape index (κ3) is 3.21. The van der Waals surface area contributed by atoms with E-state index >= 15 is 0 Å². The monoisotopic (exact) mass is 360 g/mol. The first-order valence-corrected chi connectivity index (χ1v) is 11.3. The maximum atomic E-state index is 11.9. The maximum absolute atomic E-state index is 11.9. The minimum atomic E-state index is -0.515. The van der Waals surface area contributed by atoms with Crippen molar-refractivity contribution in [3.63, 3.8) is 0 Å². The lowest BCUT2D eigenvalue weighted by atomic mass is 9.48. The summed E-state index contributed by atoms with van der Waals surface area (Å²) < 4.78 is 0. The molecule has 0 bridgehead atoms. The standard InChI is InChI=1S/C24H40O2/c1-5-13-24(26,14-6-2)23(4)15-12-20-19-11-9-18(25)16-17(19)8-10-21(20)22(23)7-3/h20-22,26H,5-16H2,1-4H3/t20-,21-,22+,23+/m1/s1. The van der Waals surface area contributed by atoms with E-state index in [1.54, 1.807) is 5.57 Å². The van der Waals surface area contributed by atoms with Crippen LogP contribution in [0.5, 0.6) is 0 Å². The summed E-state index contributed by atoms with van der Waals surface area (Å²) in [7, 11) is 0. The molecule has 1 N–H and O–H groups in total. The number of aliphatic hydroxyl groups is 1. The maximum Gasteiger partial charge on any atom is 0.137 e. The second-order valence-corrected chi connectivity index (χ2v) is 9.66. The van der Waals surface area contributed by atoms with Gasteiger partial charge in [-0.25, -0.2) is 0 Å². The van der Waals surface area contributed by atoms with Crippen molar-refractivity contribution in [1.82, 2.24) is 0 Å². The Morgan fingerprint density at radius 2 is 1.77 bits per heavy atom. The van der Waals surface area contributed by atoms with Gasteiger partial charge in [0.1, 0.15) is 5.78 Å². The van der Waals surface area contributed by atoms with Crippen LogP contribution in [0, 0.1) is 23.2 Å². The number of Topliss-reactive ketones (excluding diaryl/α,β-unsaturated/α-hetero) is 1. The number of carbonyl (C=O) groups is 1. The van der Waals surface area contributed by atoms with Crippen LogP contribution >= 0.6 is 0 Å². The molecule has 148 valence electrons. The van der Waals surface area contributed by atoms with Crippen molar-refractivity contribution < 1.29 is 9.90 Å². The van der Waals surface area contributed by atoms with E-state index in [0.717, 1.165) is 57.8 Å². The summed E-state index contributed by atoms with van der Waals surface area (Å²) in [4.78, 5) is 11.9. The van der Waals surface area contributed by atoms with Crippen LogP contribution in [0.2, 0.25) is 0 Å². The first-order valence-electron chi connectivity index (χ1n) is 11.3. The van der Waals surface area contributed by atoms with Crippen LogP contribution in [0.1, 0.15) is 105 Å². The third-order valence-corrected chi connectivity index (χ3v) is 8.42. The number of ketones is 1. The number of carbonyl (C=O) groups excluding carboxylic acids is 1. The Kier molecular flexibility index (Phi) is 6.02. The van der Waals surface area contributed by atoms with Crippen LogP contribution < -0.4 is 0 Å². The molecule has 3 aliphatic rings. The molecule has 0 unspecified atom stereocenters. The molecule has 0 amide bonds. The predicted octanol–water partition coefficient (Wildman–Crippen LogP) is 6.22. The van der Waals surface area contributed by atoms with E-state index in [2.05, 4.69) is 27.7 Å². The molecule has 0 heterocycles. The molecule has 3 aliphatic carbocycles. The summed E-state index contributed by atoms with van der Waals surface area (Å²) in [6, 6.07) is 0. The lowest BCUT2D eigenvalue weighted by Crippen LogP contribution is -2.56. The molecule has 1 saturated carbocycles. The van der Waals surface area contributed by atoms with Gasteiger partial charge in [-0.2, -0.15) is 0 Å². The fraction of sp³-hybridized carbons (Fsp3) is 0.875. The van der Waals surface area contributed by atoms with Crippen molar-refractivity contribution in [1.29, 1.82) is 0 Å². The summed E-state index contributed by atoms with van der Waals surface area (Å²) in [5.74, 6) is 2.47. The Morgan fingerprint density at radius 3 is 2.38 bits per heavy atom. The normalized spacial score (nSPS) is 35.3. The van der Waals surface area contributed by atoms with E-state index in [0.29, 0.717) is 23.5 Å². The number of fused-ring (bicyclic) bond motifs is 2. The topological polar surface area (TPSA) is 37.3 Å². The second-order valence-electron chi connectivity index (χ2n) is 9.66. The molecule has 2 nitrogen and oxygen atoms in total. The molecule has 0 aliphatic heterocycles. The predicted molar refractivity (Wildman–Crippen MR) is 108 cm³/mol. The third-order valence-electron chi connectivity index (χ3n) is 8.42. The second kappa shape index (κ2) is 7.78. The molecule has 2 heteroatoms. The summed E-state index contributed by atoms with van der Waals surface area (Å²) in [6.07, 6.45) is 12.4. The van der Waals surface area contributed by atoms with Crippen molar-refractivity contribution in [3.05, 3.63) is 11.1 Å². The Hall–Kier alpha value is -0.630. The van der Waals surface area contributed by atoms with E-state index in [4.69, 9.17) is 0 Å². The summed E-state index contributed by atoms with van der Waals surface area (Å²) >= 11 is 0. The molecule has 1 fully saturated rings. The summed E-state index contributed by atoms with van der Waals surface area (Å²) in [5.41, 5.74) is 2.69. The Bertz CT molecular complexity index is 555. The molecule has 26 heavy (non-hydrogen) atoms. The first-order chi connectivity index (χ1) is 12.4. The van der Waals surface area contributed by atoms with E-state index in [9.17, 15) is 9.90 Å². The van der Waals surface area contributed by atoms with Gasteiger partial charge < -0.3 is 5.11 Å². The lowest BCUT2D eigenvalue weighted by Gasteiger charge is -2.59. The van der Waals surface area contributed by atoms with E-state index in [1.165, 1.54) is 24.8 Å². The number of hydrogen-bond acceptors (Lipinski definition) is 2. The number of hydrogen-bond donors (Lipinski definition) is 1. The largest absolute Gasteiger partial charge is 0.389 e. The summed E-state index contributed by atoms with van der Waals surface area (Å²) in [6.45, 7) is 9.19. The molecule has 4 atom stereocenters. The van der Waals surface area contributed by atoms with Crippen molar-refractivity contribution in [2.45, 2.75) is 110 Å². The van der Waals surface area contributed by atoms with Crippen molar-refractivity contribution in [3.8, 4) is 0 Å². The highest BCUT2D eigenvalue weighted by atomic mass is 16.3. The van der Waals surface area contributed by atoms with Crippen molar-refractivity contribution in [2.24, 2.45) is 23.2 Å². The molecule has 3 rings (SSSR count). The van der Waals surface area contributed by atoms with Gasteiger partial charge in [0.05, 0.1) is 5.60 Å². The van der Waals surface area contributed by atoms with E-state index in [1.807, 2.05) is 0 Å². The van der Waals surface area contributed by atoms with Gasteiger partial charge in [-0.15, -0.1) is 0 Å². The molecule has 0 radical (unpaired) electrons. The van der Waals surface area contributed by atoms with E-state index < -0.39 is 5.60 Å². The molecular formula is C24H40O2. The number of allylic oxidation sites excluding steroid dienone is 2. The SMILES string of the molecule is CCCC(O)(CCC)[C@@]1(C)CC[C@@H]2C3=C(CC[C@H]2[C@@H]1CC)CC(=O)CC3. The Labute approximate surface area is 160 Å². The van der Waals surface area contributed by atoms with Gasteiger partial charge in [0.15, 0.2) is 0 Å². The zero-order valence-electron chi connectivity index (χ0n) is 17.6. The first kappa shape index (κ1) is 20.1. The van der Waals surface area contributed by atoms with Crippen LogP contribution in [0.3, 0.4) is 0 Å². The van der Waals surface area contributed by atoms with Crippen LogP contribution in [0.25, 0.3) is 0 Å². The minimum Gasteiger partial charge on any atom is -0.389 e. The molecule has 0 aromatic carbocycles. The molecular weight excluding hydrogens is 320 g/mol. The zero-order valence-corrected chi connectivity index (χ0v) is 17.6. The smallest absolute Gasteiger partial charge is 0.137 e. The average Bonchev–Trinajstić information content (AvgIpc) is 2.61. The highest BCUT2D eigenvalue weighted by molar-refractivity contribution is 5.82. The fourth-order valence-electron chi connectivity index (χ4n) is 7.23. The highest BCUT2D eigenvalue weighted by Crippen LogP contribution is 2.61. The van der Waals surface area contributed by atoms with Crippen LogP contribution in [0.4, 0.5) is 0 Å². The lowest BCUT2D eigenvalue weighted by molar-refractivity contribution is -0.158. The molecule has 0 spiro atoms. The van der Waals surface area contributed by atoms with Crippen molar-refractivity contribution in [2.75, 3.05) is 0 Å². The molecule has 0 aromatic heterocycles. The van der Waals surface area contributed by atoms with E-state index in [-0.39, 0.29) is 5.41 Å².